The topological polar surface area (TPSA) is 80.4 Å². The van der Waals surface area contributed by atoms with Crippen molar-refractivity contribution in [2.24, 2.45) is 7.05 Å². The molecule has 1 saturated heterocycles. The lowest BCUT2D eigenvalue weighted by Crippen LogP contribution is -2.31. The Morgan fingerprint density at radius 3 is 2.96 bits per heavy atom. The van der Waals surface area contributed by atoms with Gasteiger partial charge in [-0.25, -0.2) is 9.50 Å². The molecule has 1 N–H and O–H groups in total. The third-order valence-corrected chi connectivity index (χ3v) is 4.95. The summed E-state index contributed by atoms with van der Waals surface area (Å²) in [6.45, 7) is 5.08. The number of hydrogen-bond acceptors (Lipinski definition) is 5. The molecule has 0 aliphatic carbocycles. The van der Waals surface area contributed by atoms with Gasteiger partial charge in [0.1, 0.15) is 5.52 Å². The summed E-state index contributed by atoms with van der Waals surface area (Å²) in [5.41, 5.74) is 2.70. The van der Waals surface area contributed by atoms with Crippen LogP contribution in [0.15, 0.2) is 43.5 Å². The molecule has 1 aliphatic rings. The molecule has 4 heterocycles. The van der Waals surface area contributed by atoms with Gasteiger partial charge < -0.3 is 10.2 Å². The van der Waals surface area contributed by atoms with Crippen molar-refractivity contribution < 1.29 is 4.79 Å². The Morgan fingerprint density at radius 2 is 2.19 bits per heavy atom. The lowest BCUT2D eigenvalue weighted by Gasteiger charge is -2.20. The third kappa shape index (κ3) is 3.55. The molecule has 3 aromatic heterocycles. The molecule has 140 valence electrons. The van der Waals surface area contributed by atoms with Gasteiger partial charge in [-0.2, -0.15) is 10.2 Å². The van der Waals surface area contributed by atoms with Crippen LogP contribution in [0.2, 0.25) is 0 Å². The molecule has 8 heteroatoms. The summed E-state index contributed by atoms with van der Waals surface area (Å²) in [6.07, 6.45) is 11.6. The fraction of sp³-hybridized carbons (Fsp3) is 0.368. The first-order chi connectivity index (χ1) is 13.1. The quantitative estimate of drug-likeness (QED) is 0.716. The van der Waals surface area contributed by atoms with Crippen LogP contribution in [0.25, 0.3) is 16.8 Å². The number of anilines is 1. The van der Waals surface area contributed by atoms with E-state index in [9.17, 15) is 4.79 Å². The number of nitrogens with zero attached hydrogens (tertiary/aromatic N) is 6. The minimum Gasteiger partial charge on any atom is -0.365 e. The summed E-state index contributed by atoms with van der Waals surface area (Å²) in [7, 11) is 1.89. The fourth-order valence-electron chi connectivity index (χ4n) is 3.51. The number of fused-ring (bicyclic) bond motifs is 1. The fourth-order valence-corrected chi connectivity index (χ4v) is 3.51. The van der Waals surface area contributed by atoms with Crippen LogP contribution in [0.1, 0.15) is 19.3 Å². The van der Waals surface area contributed by atoms with Crippen LogP contribution in [0, 0.1) is 0 Å². The lowest BCUT2D eigenvalue weighted by atomic mass is 10.1. The standard InChI is InChI=1S/C19H23N7O/c1-3-18(27)25-9-4-5-15(7-10-25)22-19-17-6-8-20-26(17)13-16(23-19)14-11-21-24(2)12-14/h3,6,8,11-13,15H,1,4-5,7,9-10H2,2H3,(H,22,23)/t15-/m0/s1. The van der Waals surface area contributed by atoms with Gasteiger partial charge in [0, 0.05) is 37.9 Å². The van der Waals surface area contributed by atoms with E-state index in [4.69, 9.17) is 4.98 Å². The summed E-state index contributed by atoms with van der Waals surface area (Å²) < 4.78 is 3.59. The van der Waals surface area contributed by atoms with Gasteiger partial charge in [-0.15, -0.1) is 0 Å². The van der Waals surface area contributed by atoms with E-state index in [0.29, 0.717) is 0 Å². The van der Waals surface area contributed by atoms with Gasteiger partial charge in [0.05, 0.1) is 24.3 Å². The maximum atomic E-state index is 11.9. The Balaban J connectivity index is 1.59. The van der Waals surface area contributed by atoms with Crippen molar-refractivity contribution >= 4 is 17.2 Å². The van der Waals surface area contributed by atoms with Gasteiger partial charge >= 0.3 is 0 Å². The van der Waals surface area contributed by atoms with E-state index < -0.39 is 0 Å². The van der Waals surface area contributed by atoms with E-state index >= 15 is 0 Å². The van der Waals surface area contributed by atoms with Gasteiger partial charge in [0.2, 0.25) is 5.91 Å². The van der Waals surface area contributed by atoms with Crippen molar-refractivity contribution in [2.45, 2.75) is 25.3 Å². The molecule has 1 fully saturated rings. The molecule has 0 aromatic carbocycles. The Hall–Kier alpha value is -3.16. The zero-order chi connectivity index (χ0) is 18.8. The van der Waals surface area contributed by atoms with Crippen molar-refractivity contribution in [3.63, 3.8) is 0 Å². The minimum atomic E-state index is 0.00512. The number of likely N-dealkylation sites (tertiary alicyclic amines) is 1. The van der Waals surface area contributed by atoms with Gasteiger partial charge in [-0.1, -0.05) is 6.58 Å². The van der Waals surface area contributed by atoms with Gasteiger partial charge in [0.25, 0.3) is 0 Å². The number of carbonyl (C=O) groups is 1. The van der Waals surface area contributed by atoms with Crippen LogP contribution in [-0.2, 0) is 11.8 Å². The number of rotatable bonds is 4. The molecule has 8 nitrogen and oxygen atoms in total. The monoisotopic (exact) mass is 365 g/mol. The van der Waals surface area contributed by atoms with Crippen LogP contribution in [0.4, 0.5) is 5.82 Å². The van der Waals surface area contributed by atoms with E-state index in [1.807, 2.05) is 34.9 Å². The van der Waals surface area contributed by atoms with Gasteiger partial charge in [0.15, 0.2) is 5.82 Å². The summed E-state index contributed by atoms with van der Waals surface area (Å²) in [6, 6.07) is 2.20. The maximum absolute atomic E-state index is 11.9. The number of aromatic nitrogens is 5. The van der Waals surface area contributed by atoms with E-state index in [1.54, 1.807) is 17.1 Å². The van der Waals surface area contributed by atoms with E-state index in [-0.39, 0.29) is 11.9 Å². The first-order valence-electron chi connectivity index (χ1n) is 9.15. The molecular formula is C19H23N7O. The predicted octanol–water partition coefficient (Wildman–Crippen LogP) is 2.11. The lowest BCUT2D eigenvalue weighted by molar-refractivity contribution is -0.125. The second-order valence-corrected chi connectivity index (χ2v) is 6.84. The molecule has 0 spiro atoms. The smallest absolute Gasteiger partial charge is 0.245 e. The molecule has 1 amide bonds. The highest BCUT2D eigenvalue weighted by Crippen LogP contribution is 2.24. The molecule has 1 aliphatic heterocycles. The zero-order valence-corrected chi connectivity index (χ0v) is 15.4. The highest BCUT2D eigenvalue weighted by Gasteiger charge is 2.20. The molecule has 3 aromatic rings. The first kappa shape index (κ1) is 17.3. The Bertz CT molecular complexity index is 974. The number of carbonyl (C=O) groups excluding carboxylic acids is 1. The SMILES string of the molecule is C=CC(=O)N1CCC[C@H](Nc2nc(-c3cnn(C)c3)cn3nccc23)CC1. The number of hydrogen-bond donors (Lipinski definition) is 1. The minimum absolute atomic E-state index is 0.00512. The maximum Gasteiger partial charge on any atom is 0.245 e. The number of nitrogens with one attached hydrogen (secondary N) is 1. The van der Waals surface area contributed by atoms with Crippen LogP contribution in [0.3, 0.4) is 0 Å². The molecule has 0 unspecified atom stereocenters. The summed E-state index contributed by atoms with van der Waals surface area (Å²) in [4.78, 5) is 18.6. The van der Waals surface area contributed by atoms with Crippen LogP contribution in [-0.4, -0.2) is 54.3 Å². The Kier molecular flexibility index (Phi) is 4.62. The summed E-state index contributed by atoms with van der Waals surface area (Å²) in [5.74, 6) is 0.813. The van der Waals surface area contributed by atoms with Crippen LogP contribution < -0.4 is 5.32 Å². The summed E-state index contributed by atoms with van der Waals surface area (Å²) in [5, 5.41) is 12.2. The average Bonchev–Trinajstić information content (AvgIpc) is 3.26. The normalized spacial score (nSPS) is 17.7. The Morgan fingerprint density at radius 1 is 1.30 bits per heavy atom. The average molecular weight is 365 g/mol. The van der Waals surface area contributed by atoms with E-state index in [0.717, 1.165) is 54.9 Å². The van der Waals surface area contributed by atoms with Crippen molar-refractivity contribution in [3.05, 3.63) is 43.5 Å². The van der Waals surface area contributed by atoms with Crippen LogP contribution >= 0.6 is 0 Å². The van der Waals surface area contributed by atoms with Crippen molar-refractivity contribution in [1.82, 2.24) is 29.3 Å². The summed E-state index contributed by atoms with van der Waals surface area (Å²) >= 11 is 0. The predicted molar refractivity (Wildman–Crippen MR) is 103 cm³/mol. The van der Waals surface area contributed by atoms with Gasteiger partial charge in [-0.05, 0) is 31.4 Å². The molecule has 0 radical (unpaired) electrons. The Labute approximate surface area is 157 Å². The molecular weight excluding hydrogens is 342 g/mol. The molecule has 1 atom stereocenters. The molecule has 0 saturated carbocycles. The van der Waals surface area contributed by atoms with Crippen molar-refractivity contribution in [2.75, 3.05) is 18.4 Å². The zero-order valence-electron chi connectivity index (χ0n) is 15.4. The van der Waals surface area contributed by atoms with Crippen molar-refractivity contribution in [1.29, 1.82) is 0 Å². The van der Waals surface area contributed by atoms with Gasteiger partial charge in [-0.3, -0.25) is 9.48 Å². The highest BCUT2D eigenvalue weighted by molar-refractivity contribution is 5.87. The molecule has 0 bridgehead atoms. The second-order valence-electron chi connectivity index (χ2n) is 6.84. The molecule has 4 rings (SSSR count). The number of amides is 1. The van der Waals surface area contributed by atoms with E-state index in [1.165, 1.54) is 6.08 Å². The van der Waals surface area contributed by atoms with Crippen LogP contribution in [0.5, 0.6) is 0 Å². The number of aryl methyl sites for hydroxylation is 1. The first-order valence-corrected chi connectivity index (χ1v) is 9.15. The highest BCUT2D eigenvalue weighted by atomic mass is 16.2. The van der Waals surface area contributed by atoms with Crippen molar-refractivity contribution in [3.8, 4) is 11.3 Å². The third-order valence-electron chi connectivity index (χ3n) is 4.95. The largest absolute Gasteiger partial charge is 0.365 e. The van der Waals surface area contributed by atoms with E-state index in [2.05, 4.69) is 22.1 Å². The second kappa shape index (κ2) is 7.22. The molecule has 27 heavy (non-hydrogen) atoms.